The molecule has 1 heterocycles. The van der Waals surface area contributed by atoms with Crippen molar-refractivity contribution in [2.45, 2.75) is 44.6 Å². The van der Waals surface area contributed by atoms with Crippen LogP contribution in [0, 0.1) is 6.92 Å². The lowest BCUT2D eigenvalue weighted by molar-refractivity contribution is -0.151. The van der Waals surface area contributed by atoms with Crippen molar-refractivity contribution in [2.24, 2.45) is 0 Å². The van der Waals surface area contributed by atoms with Crippen molar-refractivity contribution in [2.75, 3.05) is 7.05 Å². The number of hydrogen-bond donors (Lipinski definition) is 1. The molecule has 1 aliphatic carbocycles. The Kier molecular flexibility index (Phi) is 3.94. The third-order valence-electron chi connectivity index (χ3n) is 3.98. The van der Waals surface area contributed by atoms with Crippen LogP contribution in [0.3, 0.4) is 0 Å². The van der Waals surface area contributed by atoms with Gasteiger partial charge in [0.2, 0.25) is 0 Å². The van der Waals surface area contributed by atoms with E-state index in [9.17, 15) is 14.7 Å². The van der Waals surface area contributed by atoms with E-state index in [-0.39, 0.29) is 5.91 Å². The second-order valence-corrected chi connectivity index (χ2v) is 6.46. The molecule has 0 unspecified atom stereocenters. The zero-order valence-electron chi connectivity index (χ0n) is 11.3. The molecule has 104 valence electrons. The molecule has 1 aromatic rings. The maximum absolute atomic E-state index is 12.4. The third-order valence-corrected chi connectivity index (χ3v) is 4.97. The highest BCUT2D eigenvalue weighted by molar-refractivity contribution is 7.13. The Hall–Kier alpha value is -1.36. The Balaban J connectivity index is 2.27. The van der Waals surface area contributed by atoms with Crippen molar-refractivity contribution in [3.8, 4) is 0 Å². The number of carbonyl (C=O) groups excluding carboxylic acids is 1. The van der Waals surface area contributed by atoms with E-state index < -0.39 is 11.5 Å². The summed E-state index contributed by atoms with van der Waals surface area (Å²) in [5.74, 6) is -1.06. The van der Waals surface area contributed by atoms with Gasteiger partial charge in [-0.15, -0.1) is 11.3 Å². The number of nitrogens with zero attached hydrogens (tertiary/aromatic N) is 1. The van der Waals surface area contributed by atoms with E-state index in [1.54, 1.807) is 13.1 Å². The van der Waals surface area contributed by atoms with Gasteiger partial charge in [-0.05, 0) is 31.9 Å². The molecule has 1 saturated carbocycles. The van der Waals surface area contributed by atoms with Crippen molar-refractivity contribution in [3.05, 3.63) is 21.9 Å². The van der Waals surface area contributed by atoms with Gasteiger partial charge in [0.1, 0.15) is 5.54 Å². The molecule has 4 nitrogen and oxygen atoms in total. The summed E-state index contributed by atoms with van der Waals surface area (Å²) in [7, 11) is 1.62. The van der Waals surface area contributed by atoms with Crippen LogP contribution in [0.1, 0.15) is 46.7 Å². The number of likely N-dealkylation sites (N-methyl/N-ethyl adjacent to an activating group) is 1. The van der Waals surface area contributed by atoms with Gasteiger partial charge in [-0.25, -0.2) is 4.79 Å². The fraction of sp³-hybridized carbons (Fsp3) is 0.571. The van der Waals surface area contributed by atoms with Gasteiger partial charge in [-0.2, -0.15) is 0 Å². The molecule has 0 atom stereocenters. The predicted octanol–water partition coefficient (Wildman–Crippen LogP) is 2.92. The van der Waals surface area contributed by atoms with Crippen LogP contribution < -0.4 is 0 Å². The average Bonchev–Trinajstić information content (AvgIpc) is 2.84. The average molecular weight is 281 g/mol. The lowest BCUT2D eigenvalue weighted by atomic mass is 9.80. The minimum atomic E-state index is -1.02. The number of rotatable bonds is 3. The summed E-state index contributed by atoms with van der Waals surface area (Å²) in [6.07, 6.45) is 3.89. The number of carboxylic acids is 1. The van der Waals surface area contributed by atoms with Gasteiger partial charge in [-0.3, -0.25) is 4.79 Å². The number of carbonyl (C=O) groups is 2. The van der Waals surface area contributed by atoms with Crippen molar-refractivity contribution in [1.82, 2.24) is 4.90 Å². The summed E-state index contributed by atoms with van der Waals surface area (Å²) in [4.78, 5) is 27.2. The van der Waals surface area contributed by atoms with Gasteiger partial charge in [0.15, 0.2) is 0 Å². The Labute approximate surface area is 117 Å². The first-order valence-electron chi connectivity index (χ1n) is 6.55. The van der Waals surface area contributed by atoms with Crippen LogP contribution in [0.25, 0.3) is 0 Å². The van der Waals surface area contributed by atoms with E-state index in [2.05, 4.69) is 0 Å². The van der Waals surface area contributed by atoms with Crippen molar-refractivity contribution < 1.29 is 14.7 Å². The molecule has 0 aliphatic heterocycles. The van der Waals surface area contributed by atoms with E-state index in [1.165, 1.54) is 16.2 Å². The van der Waals surface area contributed by atoms with Gasteiger partial charge in [0, 0.05) is 11.9 Å². The first-order chi connectivity index (χ1) is 8.97. The van der Waals surface area contributed by atoms with Gasteiger partial charge in [0.05, 0.1) is 4.88 Å². The standard InChI is InChI=1S/C14H19NO3S/c1-10-6-7-11(19-10)12(16)15(2)14(13(17)18)8-4-3-5-9-14/h6-7H,3-5,8-9H2,1-2H3,(H,17,18). The van der Waals surface area contributed by atoms with Crippen LogP contribution in [0.4, 0.5) is 0 Å². The van der Waals surface area contributed by atoms with Crippen LogP contribution in [-0.4, -0.2) is 34.5 Å². The third kappa shape index (κ3) is 2.52. The minimum Gasteiger partial charge on any atom is -0.479 e. The fourth-order valence-electron chi connectivity index (χ4n) is 2.74. The van der Waals surface area contributed by atoms with Crippen molar-refractivity contribution in [3.63, 3.8) is 0 Å². The zero-order valence-corrected chi connectivity index (χ0v) is 12.1. The van der Waals surface area contributed by atoms with Gasteiger partial charge in [0.25, 0.3) is 5.91 Å². The second kappa shape index (κ2) is 5.33. The Morgan fingerprint density at radius 2 is 1.89 bits per heavy atom. The van der Waals surface area contributed by atoms with Crippen LogP contribution in [0.15, 0.2) is 12.1 Å². The molecule has 5 heteroatoms. The highest BCUT2D eigenvalue weighted by atomic mass is 32.1. The minimum absolute atomic E-state index is 0.178. The lowest BCUT2D eigenvalue weighted by Gasteiger charge is -2.40. The summed E-state index contributed by atoms with van der Waals surface area (Å²) >= 11 is 1.41. The normalized spacial score (nSPS) is 18.0. The van der Waals surface area contributed by atoms with E-state index in [1.807, 2.05) is 13.0 Å². The molecule has 0 aromatic carbocycles. The highest BCUT2D eigenvalue weighted by Crippen LogP contribution is 2.34. The summed E-state index contributed by atoms with van der Waals surface area (Å²) in [6, 6.07) is 3.66. The SMILES string of the molecule is Cc1ccc(C(=O)N(C)C2(C(=O)O)CCCCC2)s1. The molecular formula is C14H19NO3S. The number of amides is 1. The maximum atomic E-state index is 12.4. The Morgan fingerprint density at radius 1 is 1.26 bits per heavy atom. The quantitative estimate of drug-likeness (QED) is 0.926. The van der Waals surface area contributed by atoms with E-state index in [0.717, 1.165) is 24.1 Å². The Bertz CT molecular complexity index is 489. The van der Waals surface area contributed by atoms with Crippen LogP contribution in [-0.2, 0) is 4.79 Å². The monoisotopic (exact) mass is 281 g/mol. The summed E-state index contributed by atoms with van der Waals surface area (Å²) < 4.78 is 0. The lowest BCUT2D eigenvalue weighted by Crippen LogP contribution is -2.56. The molecule has 1 aliphatic rings. The highest BCUT2D eigenvalue weighted by Gasteiger charge is 2.45. The van der Waals surface area contributed by atoms with Gasteiger partial charge >= 0.3 is 5.97 Å². The first-order valence-corrected chi connectivity index (χ1v) is 7.37. The van der Waals surface area contributed by atoms with E-state index in [0.29, 0.717) is 17.7 Å². The molecular weight excluding hydrogens is 262 g/mol. The maximum Gasteiger partial charge on any atom is 0.329 e. The molecule has 0 bridgehead atoms. The number of thiophene rings is 1. The van der Waals surface area contributed by atoms with Gasteiger partial charge < -0.3 is 10.0 Å². The largest absolute Gasteiger partial charge is 0.479 e. The molecule has 1 aromatic heterocycles. The second-order valence-electron chi connectivity index (χ2n) is 5.17. The number of aliphatic carboxylic acids is 1. The number of hydrogen-bond acceptors (Lipinski definition) is 3. The smallest absolute Gasteiger partial charge is 0.329 e. The summed E-state index contributed by atoms with van der Waals surface area (Å²) in [5, 5.41) is 9.57. The van der Waals surface area contributed by atoms with Crippen LogP contribution in [0.5, 0.6) is 0 Å². The molecule has 1 amide bonds. The van der Waals surface area contributed by atoms with Crippen LogP contribution >= 0.6 is 11.3 Å². The van der Waals surface area contributed by atoms with Crippen molar-refractivity contribution in [1.29, 1.82) is 0 Å². The summed E-state index contributed by atoms with van der Waals surface area (Å²) in [5.41, 5.74) is -1.02. The topological polar surface area (TPSA) is 57.6 Å². The molecule has 2 rings (SSSR count). The van der Waals surface area contributed by atoms with Crippen molar-refractivity contribution >= 4 is 23.2 Å². The first kappa shape index (κ1) is 14.1. The molecule has 0 radical (unpaired) electrons. The molecule has 0 spiro atoms. The van der Waals surface area contributed by atoms with E-state index >= 15 is 0 Å². The fourth-order valence-corrected chi connectivity index (χ4v) is 3.58. The molecule has 1 N–H and O–H groups in total. The zero-order chi connectivity index (χ0) is 14.0. The molecule has 0 saturated heterocycles. The Morgan fingerprint density at radius 3 is 2.37 bits per heavy atom. The number of carboxylic acid groups (broad SMARTS) is 1. The number of aryl methyl sites for hydroxylation is 1. The summed E-state index contributed by atoms with van der Waals surface area (Å²) in [6.45, 7) is 1.94. The molecule has 1 fully saturated rings. The van der Waals surface area contributed by atoms with E-state index in [4.69, 9.17) is 0 Å². The van der Waals surface area contributed by atoms with Crippen LogP contribution in [0.2, 0.25) is 0 Å². The van der Waals surface area contributed by atoms with Gasteiger partial charge in [-0.1, -0.05) is 19.3 Å². The molecule has 19 heavy (non-hydrogen) atoms. The predicted molar refractivity (Wildman–Crippen MR) is 74.6 cm³/mol.